The highest BCUT2D eigenvalue weighted by atomic mass is 19.2. The third-order valence-electron chi connectivity index (χ3n) is 3.51. The number of alkyl carbamates (subject to hydrolysis) is 1. The van der Waals surface area contributed by atoms with E-state index in [2.05, 4.69) is 5.32 Å². The van der Waals surface area contributed by atoms with Gasteiger partial charge >= 0.3 is 12.1 Å². The number of carbonyl (C=O) groups excluding carboxylic acids is 1. The zero-order valence-corrected chi connectivity index (χ0v) is 15.5. The summed E-state index contributed by atoms with van der Waals surface area (Å²) in [4.78, 5) is 22.8. The number of ether oxygens (including phenoxy) is 1. The molecule has 0 saturated carbocycles. The van der Waals surface area contributed by atoms with Crippen molar-refractivity contribution in [2.45, 2.75) is 39.3 Å². The topological polar surface area (TPSA) is 75.6 Å². The Morgan fingerprint density at radius 3 is 2.25 bits per heavy atom. The Hall–Kier alpha value is -3.03. The van der Waals surface area contributed by atoms with Crippen LogP contribution in [0.3, 0.4) is 0 Å². The van der Waals surface area contributed by atoms with Crippen molar-refractivity contribution in [2.75, 3.05) is 0 Å². The molecule has 2 N–H and O–H groups in total. The molecule has 2 aromatic carbocycles. The van der Waals surface area contributed by atoms with E-state index in [1.54, 1.807) is 30.3 Å². The van der Waals surface area contributed by atoms with Gasteiger partial charge in [0, 0.05) is 12.1 Å². The summed E-state index contributed by atoms with van der Waals surface area (Å²) in [5.74, 6) is -4.89. The number of hydrogen-bond donors (Lipinski definition) is 2. The molecule has 0 spiro atoms. The third kappa shape index (κ3) is 7.69. The maximum Gasteiger partial charge on any atom is 0.407 e. The summed E-state index contributed by atoms with van der Waals surface area (Å²) in [6, 6.07) is 8.73. The lowest BCUT2D eigenvalue weighted by atomic mass is 10.0. The molecular formula is C20H22F3NO4. The Kier molecular flexibility index (Phi) is 9.56. The maximum atomic E-state index is 13.7. The maximum absolute atomic E-state index is 13.7. The van der Waals surface area contributed by atoms with Crippen LogP contribution in [0.1, 0.15) is 31.4 Å². The number of hydrogen-bond acceptors (Lipinski definition) is 3. The summed E-state index contributed by atoms with van der Waals surface area (Å²) in [5, 5.41) is 11.2. The van der Waals surface area contributed by atoms with Crippen molar-refractivity contribution >= 4 is 12.1 Å². The second-order valence-corrected chi connectivity index (χ2v) is 5.56. The molecule has 0 radical (unpaired) electrons. The van der Waals surface area contributed by atoms with Crippen molar-refractivity contribution in [3.05, 3.63) is 71.0 Å². The Morgan fingerprint density at radius 2 is 1.64 bits per heavy atom. The van der Waals surface area contributed by atoms with Crippen LogP contribution in [0.25, 0.3) is 0 Å². The first kappa shape index (κ1) is 23.0. The number of nitrogens with one attached hydrogen (secondary N) is 1. The Balaban J connectivity index is 0.00000190. The second-order valence-electron chi connectivity index (χ2n) is 5.56. The van der Waals surface area contributed by atoms with Crippen LogP contribution in [0.2, 0.25) is 0 Å². The highest BCUT2D eigenvalue weighted by Crippen LogP contribution is 2.16. The summed E-state index contributed by atoms with van der Waals surface area (Å²) in [6.07, 6.45) is -1.78. The lowest BCUT2D eigenvalue weighted by Crippen LogP contribution is -2.38. The summed E-state index contributed by atoms with van der Waals surface area (Å²) < 4.78 is 45.0. The van der Waals surface area contributed by atoms with Gasteiger partial charge in [-0.2, -0.15) is 0 Å². The van der Waals surface area contributed by atoms with Crippen LogP contribution in [-0.4, -0.2) is 23.2 Å². The Morgan fingerprint density at radius 1 is 1.04 bits per heavy atom. The van der Waals surface area contributed by atoms with Gasteiger partial charge in [0.25, 0.3) is 0 Å². The molecular weight excluding hydrogens is 375 g/mol. The SMILES string of the molecule is CC.O=C(O)CC(Cc1cc(F)c(F)cc1F)NC(=O)OCc1ccccc1. The quantitative estimate of drug-likeness (QED) is 0.677. The van der Waals surface area contributed by atoms with E-state index in [-0.39, 0.29) is 18.6 Å². The van der Waals surface area contributed by atoms with E-state index in [1.807, 2.05) is 13.8 Å². The third-order valence-corrected chi connectivity index (χ3v) is 3.51. The van der Waals surface area contributed by atoms with Crippen LogP contribution < -0.4 is 5.32 Å². The van der Waals surface area contributed by atoms with Crippen LogP contribution in [0, 0.1) is 17.5 Å². The van der Waals surface area contributed by atoms with Gasteiger partial charge in [-0.1, -0.05) is 44.2 Å². The molecule has 28 heavy (non-hydrogen) atoms. The van der Waals surface area contributed by atoms with Crippen molar-refractivity contribution in [2.24, 2.45) is 0 Å². The van der Waals surface area contributed by atoms with Crippen LogP contribution in [0.15, 0.2) is 42.5 Å². The van der Waals surface area contributed by atoms with Crippen molar-refractivity contribution in [1.82, 2.24) is 5.32 Å². The summed E-state index contributed by atoms with van der Waals surface area (Å²) >= 11 is 0. The predicted molar refractivity (Wildman–Crippen MR) is 97.2 cm³/mol. The molecule has 0 heterocycles. The fourth-order valence-corrected chi connectivity index (χ4v) is 2.30. The van der Waals surface area contributed by atoms with E-state index in [4.69, 9.17) is 9.84 Å². The summed E-state index contributed by atoms with van der Waals surface area (Å²) in [5.41, 5.74) is 0.475. The van der Waals surface area contributed by atoms with Gasteiger partial charge in [-0.05, 0) is 23.6 Å². The largest absolute Gasteiger partial charge is 0.481 e. The van der Waals surface area contributed by atoms with Gasteiger partial charge in [0.2, 0.25) is 0 Å². The molecule has 0 saturated heterocycles. The molecule has 0 aliphatic heterocycles. The molecule has 0 aliphatic carbocycles. The zero-order chi connectivity index (χ0) is 21.1. The van der Waals surface area contributed by atoms with E-state index < -0.39 is 42.0 Å². The lowest BCUT2D eigenvalue weighted by Gasteiger charge is -2.17. The van der Waals surface area contributed by atoms with Gasteiger partial charge in [-0.3, -0.25) is 4.79 Å². The minimum atomic E-state index is -1.35. The second kappa shape index (κ2) is 11.6. The number of benzene rings is 2. The van der Waals surface area contributed by atoms with E-state index in [1.165, 1.54) is 0 Å². The van der Waals surface area contributed by atoms with Crippen LogP contribution in [-0.2, 0) is 22.6 Å². The molecule has 0 aliphatic rings. The van der Waals surface area contributed by atoms with Crippen LogP contribution in [0.5, 0.6) is 0 Å². The van der Waals surface area contributed by atoms with Crippen molar-refractivity contribution in [3.8, 4) is 0 Å². The molecule has 5 nitrogen and oxygen atoms in total. The molecule has 8 heteroatoms. The smallest absolute Gasteiger partial charge is 0.407 e. The lowest BCUT2D eigenvalue weighted by molar-refractivity contribution is -0.137. The number of amides is 1. The van der Waals surface area contributed by atoms with E-state index in [0.717, 1.165) is 5.56 Å². The highest BCUT2D eigenvalue weighted by molar-refractivity contribution is 5.71. The minimum Gasteiger partial charge on any atom is -0.481 e. The molecule has 0 fully saturated rings. The molecule has 1 atom stereocenters. The Bertz CT molecular complexity index is 785. The van der Waals surface area contributed by atoms with Gasteiger partial charge in [0.1, 0.15) is 12.4 Å². The molecule has 0 aromatic heterocycles. The summed E-state index contributed by atoms with van der Waals surface area (Å²) in [7, 11) is 0. The van der Waals surface area contributed by atoms with Crippen LogP contribution in [0.4, 0.5) is 18.0 Å². The molecule has 152 valence electrons. The van der Waals surface area contributed by atoms with Crippen molar-refractivity contribution in [1.29, 1.82) is 0 Å². The summed E-state index contributed by atoms with van der Waals surface area (Å²) in [6.45, 7) is 3.96. The van der Waals surface area contributed by atoms with E-state index in [9.17, 15) is 22.8 Å². The number of rotatable bonds is 7. The standard InChI is InChI=1S/C18H16F3NO4.C2H6/c19-14-9-16(21)15(20)7-12(14)6-13(8-17(23)24)22-18(25)26-10-11-4-2-1-3-5-11;1-2/h1-5,7,9,13H,6,8,10H2,(H,22,25)(H,23,24);1-2H3. The van der Waals surface area contributed by atoms with Gasteiger partial charge in [0.15, 0.2) is 11.6 Å². The highest BCUT2D eigenvalue weighted by Gasteiger charge is 2.20. The Labute approximate surface area is 161 Å². The number of carboxylic acids is 1. The fourth-order valence-electron chi connectivity index (χ4n) is 2.30. The van der Waals surface area contributed by atoms with Gasteiger partial charge in [0.05, 0.1) is 6.42 Å². The van der Waals surface area contributed by atoms with E-state index in [0.29, 0.717) is 12.1 Å². The van der Waals surface area contributed by atoms with Crippen LogP contribution >= 0.6 is 0 Å². The minimum absolute atomic E-state index is 0.0357. The normalized spacial score (nSPS) is 11.0. The molecule has 2 aromatic rings. The molecule has 1 amide bonds. The monoisotopic (exact) mass is 397 g/mol. The first-order valence-electron chi connectivity index (χ1n) is 8.67. The van der Waals surface area contributed by atoms with Gasteiger partial charge < -0.3 is 15.2 Å². The molecule has 1 unspecified atom stereocenters. The number of halogens is 3. The molecule has 2 rings (SSSR count). The van der Waals surface area contributed by atoms with Gasteiger partial charge in [-0.15, -0.1) is 0 Å². The average Bonchev–Trinajstić information content (AvgIpc) is 2.66. The molecule has 0 bridgehead atoms. The number of carboxylic acid groups (broad SMARTS) is 1. The van der Waals surface area contributed by atoms with Crippen molar-refractivity contribution in [3.63, 3.8) is 0 Å². The average molecular weight is 397 g/mol. The predicted octanol–water partition coefficient (Wildman–Crippen LogP) is 4.44. The fraction of sp³-hybridized carbons (Fsp3) is 0.300. The van der Waals surface area contributed by atoms with Crippen molar-refractivity contribution < 1.29 is 32.6 Å². The zero-order valence-electron chi connectivity index (χ0n) is 15.5. The number of aliphatic carboxylic acids is 1. The van der Waals surface area contributed by atoms with E-state index >= 15 is 0 Å². The first-order valence-corrected chi connectivity index (χ1v) is 8.67. The number of carbonyl (C=O) groups is 2. The first-order chi connectivity index (χ1) is 13.3. The van der Waals surface area contributed by atoms with Gasteiger partial charge in [-0.25, -0.2) is 18.0 Å².